The fourth-order valence-electron chi connectivity index (χ4n) is 1.97. The van der Waals surface area contributed by atoms with E-state index < -0.39 is 0 Å². The van der Waals surface area contributed by atoms with Crippen LogP contribution in [-0.4, -0.2) is 21.9 Å². The van der Waals surface area contributed by atoms with Gasteiger partial charge in [-0.25, -0.2) is 4.98 Å². The molecule has 0 saturated carbocycles. The van der Waals surface area contributed by atoms with Crippen molar-refractivity contribution in [1.82, 2.24) is 9.55 Å². The number of rotatable bonds is 4. The zero-order valence-electron chi connectivity index (χ0n) is 10.2. The molecule has 0 aliphatic rings. The average molecular weight is 255 g/mol. The number of carbonyl (C=O) groups excluding carboxylic acids is 1. The topological polar surface area (TPSA) is 74.1 Å². The maximum absolute atomic E-state index is 12.2. The van der Waals surface area contributed by atoms with E-state index in [2.05, 4.69) is 4.98 Å². The summed E-state index contributed by atoms with van der Waals surface area (Å²) in [6.45, 7) is 1.15. The molecule has 3 aromatic rings. The Morgan fingerprint density at radius 2 is 2.21 bits per heavy atom. The largest absolute Gasteiger partial charge is 0.453 e. The Labute approximate surface area is 109 Å². The highest BCUT2D eigenvalue weighted by atomic mass is 16.3. The fourth-order valence-corrected chi connectivity index (χ4v) is 1.97. The molecule has 0 bridgehead atoms. The van der Waals surface area contributed by atoms with Gasteiger partial charge in [-0.1, -0.05) is 18.2 Å². The van der Waals surface area contributed by atoms with Gasteiger partial charge in [0.1, 0.15) is 11.3 Å². The number of hydrogen-bond acceptors (Lipinski definition) is 4. The van der Waals surface area contributed by atoms with E-state index in [1.165, 1.54) is 0 Å². The Morgan fingerprint density at radius 3 is 3.00 bits per heavy atom. The van der Waals surface area contributed by atoms with Crippen LogP contribution in [0, 0.1) is 0 Å². The minimum absolute atomic E-state index is 0.216. The quantitative estimate of drug-likeness (QED) is 0.721. The molecule has 0 radical (unpaired) electrons. The number of imidazole rings is 1. The Bertz CT molecular complexity index is 694. The zero-order chi connectivity index (χ0) is 13.2. The van der Waals surface area contributed by atoms with Crippen LogP contribution in [0.4, 0.5) is 0 Å². The molecule has 2 N–H and O–H groups in total. The molecule has 2 aromatic heterocycles. The summed E-state index contributed by atoms with van der Waals surface area (Å²) in [5, 5.41) is 0.909. The maximum Gasteiger partial charge on any atom is 0.248 e. The SMILES string of the molecule is NCCn1cnc(C(=O)c2cc3ccccc3o2)c1. The van der Waals surface area contributed by atoms with E-state index in [0.717, 1.165) is 5.39 Å². The third-order valence-electron chi connectivity index (χ3n) is 2.90. The van der Waals surface area contributed by atoms with E-state index in [1.54, 1.807) is 23.2 Å². The van der Waals surface area contributed by atoms with E-state index in [-0.39, 0.29) is 5.78 Å². The number of nitrogens with zero attached hydrogens (tertiary/aromatic N) is 2. The summed E-state index contributed by atoms with van der Waals surface area (Å²) in [5.74, 6) is 0.0890. The molecular weight excluding hydrogens is 242 g/mol. The summed E-state index contributed by atoms with van der Waals surface area (Å²) >= 11 is 0. The number of hydrogen-bond donors (Lipinski definition) is 1. The van der Waals surface area contributed by atoms with Crippen LogP contribution in [-0.2, 0) is 6.54 Å². The average Bonchev–Trinajstić information content (AvgIpc) is 3.04. The Balaban J connectivity index is 1.93. The number of furan rings is 1. The van der Waals surface area contributed by atoms with Gasteiger partial charge in [0.25, 0.3) is 0 Å². The van der Waals surface area contributed by atoms with Crippen molar-refractivity contribution in [3.05, 3.63) is 54.3 Å². The highest BCUT2D eigenvalue weighted by molar-refractivity contribution is 6.07. The lowest BCUT2D eigenvalue weighted by Gasteiger charge is -1.95. The summed E-state index contributed by atoms with van der Waals surface area (Å²) < 4.78 is 7.32. The number of aromatic nitrogens is 2. The van der Waals surface area contributed by atoms with Gasteiger partial charge in [0.05, 0.1) is 6.33 Å². The Morgan fingerprint density at radius 1 is 1.37 bits per heavy atom. The highest BCUT2D eigenvalue weighted by Gasteiger charge is 2.16. The fraction of sp³-hybridized carbons (Fsp3) is 0.143. The van der Waals surface area contributed by atoms with Crippen LogP contribution in [0.3, 0.4) is 0 Å². The maximum atomic E-state index is 12.2. The molecule has 1 aromatic carbocycles. The Hall–Kier alpha value is -2.40. The molecule has 0 spiro atoms. The van der Waals surface area contributed by atoms with E-state index in [4.69, 9.17) is 10.2 Å². The van der Waals surface area contributed by atoms with Crippen molar-refractivity contribution in [2.24, 2.45) is 5.73 Å². The van der Waals surface area contributed by atoms with Crippen LogP contribution >= 0.6 is 0 Å². The number of benzene rings is 1. The van der Waals surface area contributed by atoms with Crippen LogP contribution in [0.25, 0.3) is 11.0 Å². The second-order valence-corrected chi connectivity index (χ2v) is 4.26. The second-order valence-electron chi connectivity index (χ2n) is 4.26. The number of ketones is 1. The lowest BCUT2D eigenvalue weighted by Crippen LogP contribution is -2.08. The van der Waals surface area contributed by atoms with Crippen molar-refractivity contribution in [3.63, 3.8) is 0 Å². The van der Waals surface area contributed by atoms with Crippen LogP contribution in [0.5, 0.6) is 0 Å². The zero-order valence-corrected chi connectivity index (χ0v) is 10.2. The summed E-state index contributed by atoms with van der Waals surface area (Å²) in [4.78, 5) is 16.3. The van der Waals surface area contributed by atoms with E-state index in [9.17, 15) is 4.79 Å². The van der Waals surface area contributed by atoms with Gasteiger partial charge in [0, 0.05) is 24.7 Å². The molecule has 0 saturated heterocycles. The van der Waals surface area contributed by atoms with Crippen LogP contribution in [0.1, 0.15) is 16.2 Å². The van der Waals surface area contributed by atoms with Crippen LogP contribution in [0.2, 0.25) is 0 Å². The van der Waals surface area contributed by atoms with Gasteiger partial charge in [-0.3, -0.25) is 4.79 Å². The molecule has 0 atom stereocenters. The van der Waals surface area contributed by atoms with Crippen LogP contribution < -0.4 is 5.73 Å². The monoisotopic (exact) mass is 255 g/mol. The normalized spacial score (nSPS) is 11.0. The molecule has 96 valence electrons. The molecule has 0 fully saturated rings. The van der Waals surface area contributed by atoms with Crippen molar-refractivity contribution in [2.75, 3.05) is 6.54 Å². The molecule has 5 nitrogen and oxygen atoms in total. The first-order valence-corrected chi connectivity index (χ1v) is 6.03. The molecule has 3 rings (SSSR count). The number of para-hydroxylation sites is 1. The van der Waals surface area contributed by atoms with Crippen molar-refractivity contribution in [2.45, 2.75) is 6.54 Å². The Kier molecular flexibility index (Phi) is 2.89. The molecule has 19 heavy (non-hydrogen) atoms. The predicted octanol–water partition coefficient (Wildman–Crippen LogP) is 1.82. The number of carbonyl (C=O) groups is 1. The molecule has 2 heterocycles. The van der Waals surface area contributed by atoms with Gasteiger partial charge in [-0.2, -0.15) is 0 Å². The molecule has 0 amide bonds. The molecule has 0 aliphatic carbocycles. The lowest BCUT2D eigenvalue weighted by molar-refractivity contribution is 0.101. The summed E-state index contributed by atoms with van der Waals surface area (Å²) in [6.07, 6.45) is 3.28. The minimum Gasteiger partial charge on any atom is -0.453 e. The number of fused-ring (bicyclic) bond motifs is 1. The third-order valence-corrected chi connectivity index (χ3v) is 2.90. The van der Waals surface area contributed by atoms with Gasteiger partial charge in [0.15, 0.2) is 5.76 Å². The predicted molar refractivity (Wildman–Crippen MR) is 70.9 cm³/mol. The van der Waals surface area contributed by atoms with Crippen molar-refractivity contribution < 1.29 is 9.21 Å². The summed E-state index contributed by atoms with van der Waals surface area (Å²) in [7, 11) is 0. The second kappa shape index (κ2) is 4.70. The first-order valence-electron chi connectivity index (χ1n) is 6.03. The summed E-state index contributed by atoms with van der Waals surface area (Å²) in [6, 6.07) is 9.25. The van der Waals surface area contributed by atoms with Crippen molar-refractivity contribution in [3.8, 4) is 0 Å². The first kappa shape index (κ1) is 11.7. The molecular formula is C14H13N3O2. The van der Waals surface area contributed by atoms with Gasteiger partial charge in [-0.15, -0.1) is 0 Å². The lowest BCUT2D eigenvalue weighted by atomic mass is 10.2. The number of nitrogens with two attached hydrogens (primary N) is 1. The molecule has 5 heteroatoms. The van der Waals surface area contributed by atoms with Gasteiger partial charge < -0.3 is 14.7 Å². The van der Waals surface area contributed by atoms with Gasteiger partial charge in [0.2, 0.25) is 5.78 Å². The minimum atomic E-state index is -0.216. The third kappa shape index (κ3) is 2.15. The van der Waals surface area contributed by atoms with E-state index >= 15 is 0 Å². The highest BCUT2D eigenvalue weighted by Crippen LogP contribution is 2.20. The van der Waals surface area contributed by atoms with Crippen LogP contribution in [0.15, 0.2) is 47.3 Å². The van der Waals surface area contributed by atoms with E-state index in [1.807, 2.05) is 24.3 Å². The first-order chi connectivity index (χ1) is 9.28. The van der Waals surface area contributed by atoms with E-state index in [0.29, 0.717) is 30.1 Å². The van der Waals surface area contributed by atoms with Gasteiger partial charge >= 0.3 is 0 Å². The van der Waals surface area contributed by atoms with Crippen molar-refractivity contribution >= 4 is 16.8 Å². The summed E-state index contributed by atoms with van der Waals surface area (Å²) in [5.41, 5.74) is 6.53. The standard InChI is InChI=1S/C14H13N3O2/c15-5-6-17-8-11(16-9-17)14(18)13-7-10-3-1-2-4-12(10)19-13/h1-4,7-9H,5-6,15H2. The smallest absolute Gasteiger partial charge is 0.248 e. The van der Waals surface area contributed by atoms with Crippen molar-refractivity contribution in [1.29, 1.82) is 0 Å². The van der Waals surface area contributed by atoms with Gasteiger partial charge in [-0.05, 0) is 12.1 Å². The molecule has 0 aliphatic heterocycles. The molecule has 0 unspecified atom stereocenters.